The first-order valence-corrected chi connectivity index (χ1v) is 5.88. The van der Waals surface area contributed by atoms with Crippen molar-refractivity contribution in [3.05, 3.63) is 29.8 Å². The van der Waals surface area contributed by atoms with Gasteiger partial charge in [-0.1, -0.05) is 18.2 Å². The summed E-state index contributed by atoms with van der Waals surface area (Å²) in [4.78, 5) is 9.99. The first-order chi connectivity index (χ1) is 8.41. The molecule has 0 atom stereocenters. The molecule has 4 N–H and O–H groups in total. The highest BCUT2D eigenvalue weighted by atomic mass is 15.3. The van der Waals surface area contributed by atoms with E-state index in [0.717, 1.165) is 11.3 Å². The summed E-state index contributed by atoms with van der Waals surface area (Å²) in [6.45, 7) is 5.89. The number of nitrogens with two attached hydrogens (primary N) is 2. The van der Waals surface area contributed by atoms with Gasteiger partial charge in [0.05, 0.1) is 0 Å². The first-order valence-electron chi connectivity index (χ1n) is 5.88. The van der Waals surface area contributed by atoms with Crippen molar-refractivity contribution in [1.29, 1.82) is 0 Å². The summed E-state index contributed by atoms with van der Waals surface area (Å²) in [7, 11) is 1.85. The summed E-state index contributed by atoms with van der Waals surface area (Å²) in [6, 6.07) is 8.04. The molecule has 1 aromatic carbocycles. The lowest BCUT2D eigenvalue weighted by molar-refractivity contribution is 0.831. The van der Waals surface area contributed by atoms with Crippen molar-refractivity contribution in [2.24, 2.45) is 21.5 Å². The zero-order valence-electron chi connectivity index (χ0n) is 11.4. The number of aliphatic imine (C=N–C) groups is 2. The molecule has 1 aromatic rings. The molecule has 0 bridgehead atoms. The normalized spacial score (nSPS) is 12.9. The maximum absolute atomic E-state index is 5.91. The minimum absolute atomic E-state index is 0.102. The van der Waals surface area contributed by atoms with Crippen LogP contribution in [-0.2, 0) is 0 Å². The molecule has 0 spiro atoms. The van der Waals surface area contributed by atoms with Gasteiger partial charge in [-0.15, -0.1) is 0 Å². The van der Waals surface area contributed by atoms with Crippen LogP contribution in [0.25, 0.3) is 0 Å². The van der Waals surface area contributed by atoms with E-state index in [1.807, 2.05) is 52.1 Å². The van der Waals surface area contributed by atoms with Gasteiger partial charge >= 0.3 is 0 Å². The topological polar surface area (TPSA) is 80.0 Å². The highest BCUT2D eigenvalue weighted by Gasteiger charge is 2.07. The van der Waals surface area contributed by atoms with Gasteiger partial charge in [-0.2, -0.15) is 4.99 Å². The molecule has 0 fully saturated rings. The monoisotopic (exact) mass is 247 g/mol. The predicted octanol–water partition coefficient (Wildman–Crippen LogP) is 1.47. The number of guanidine groups is 2. The molecule has 0 amide bonds. The SMILES string of the molecule is Cc1ccccc1N(C)C(N)=NC(N)=NC(C)C. The second kappa shape index (κ2) is 6.05. The summed E-state index contributed by atoms with van der Waals surface area (Å²) >= 11 is 0. The number of nitrogens with zero attached hydrogens (tertiary/aromatic N) is 3. The number of anilines is 1. The minimum Gasteiger partial charge on any atom is -0.369 e. The number of rotatable bonds is 2. The number of benzene rings is 1. The Bertz CT molecular complexity index is 462. The second-order valence-electron chi connectivity index (χ2n) is 4.40. The standard InChI is InChI=1S/C13H21N5/c1-9(2)16-12(14)17-13(15)18(4)11-8-6-5-7-10(11)3/h5-9H,1-4H3,(H4,14,15,16,17). The molecule has 18 heavy (non-hydrogen) atoms. The van der Waals surface area contributed by atoms with Crippen LogP contribution in [0, 0.1) is 6.92 Å². The largest absolute Gasteiger partial charge is 0.369 e. The molecular formula is C13H21N5. The highest BCUT2D eigenvalue weighted by molar-refractivity contribution is 6.02. The van der Waals surface area contributed by atoms with Gasteiger partial charge in [-0.25, -0.2) is 4.99 Å². The van der Waals surface area contributed by atoms with Crippen LogP contribution in [0.3, 0.4) is 0 Å². The Morgan fingerprint density at radius 2 is 1.83 bits per heavy atom. The van der Waals surface area contributed by atoms with E-state index in [9.17, 15) is 0 Å². The fourth-order valence-corrected chi connectivity index (χ4v) is 1.55. The Labute approximate surface area is 108 Å². The Morgan fingerprint density at radius 1 is 1.22 bits per heavy atom. The van der Waals surface area contributed by atoms with Gasteiger partial charge < -0.3 is 16.4 Å². The quantitative estimate of drug-likeness (QED) is 0.613. The molecule has 5 nitrogen and oxygen atoms in total. The third kappa shape index (κ3) is 3.76. The van der Waals surface area contributed by atoms with E-state index in [2.05, 4.69) is 9.98 Å². The Hall–Kier alpha value is -2.04. The van der Waals surface area contributed by atoms with Gasteiger partial charge in [0, 0.05) is 18.8 Å². The van der Waals surface area contributed by atoms with E-state index < -0.39 is 0 Å². The average molecular weight is 247 g/mol. The van der Waals surface area contributed by atoms with Crippen LogP contribution in [0.15, 0.2) is 34.3 Å². The fraction of sp³-hybridized carbons (Fsp3) is 0.385. The Kier molecular flexibility index (Phi) is 4.71. The Morgan fingerprint density at radius 3 is 2.39 bits per heavy atom. The van der Waals surface area contributed by atoms with E-state index in [1.165, 1.54) is 0 Å². The zero-order valence-corrected chi connectivity index (χ0v) is 11.4. The third-order valence-electron chi connectivity index (χ3n) is 2.44. The van der Waals surface area contributed by atoms with Crippen LogP contribution in [0.2, 0.25) is 0 Å². The summed E-state index contributed by atoms with van der Waals surface area (Å²) in [6.07, 6.45) is 0. The van der Waals surface area contributed by atoms with Crippen molar-refractivity contribution in [3.63, 3.8) is 0 Å². The maximum Gasteiger partial charge on any atom is 0.218 e. The molecule has 0 saturated carbocycles. The average Bonchev–Trinajstić information content (AvgIpc) is 2.27. The van der Waals surface area contributed by atoms with E-state index >= 15 is 0 Å². The van der Waals surface area contributed by atoms with Gasteiger partial charge in [0.2, 0.25) is 11.9 Å². The molecule has 5 heteroatoms. The molecule has 0 aliphatic carbocycles. The molecule has 0 aliphatic rings. The lowest BCUT2D eigenvalue weighted by atomic mass is 10.2. The third-order valence-corrected chi connectivity index (χ3v) is 2.44. The van der Waals surface area contributed by atoms with Gasteiger partial charge in [0.15, 0.2) is 0 Å². The minimum atomic E-state index is 0.102. The van der Waals surface area contributed by atoms with Gasteiger partial charge in [0.1, 0.15) is 0 Å². The summed E-state index contributed by atoms with van der Waals surface area (Å²) in [5.41, 5.74) is 13.7. The molecule has 0 aliphatic heterocycles. The molecule has 1 rings (SSSR count). The van der Waals surface area contributed by atoms with Gasteiger partial charge in [-0.05, 0) is 32.4 Å². The molecule has 98 valence electrons. The zero-order chi connectivity index (χ0) is 13.7. The number of para-hydroxylation sites is 1. The smallest absolute Gasteiger partial charge is 0.218 e. The molecule has 0 radical (unpaired) electrons. The van der Waals surface area contributed by atoms with Crippen molar-refractivity contribution < 1.29 is 0 Å². The summed E-state index contributed by atoms with van der Waals surface area (Å²) < 4.78 is 0. The Balaban J connectivity index is 2.94. The van der Waals surface area contributed by atoms with E-state index in [1.54, 1.807) is 4.90 Å². The lowest BCUT2D eigenvalue weighted by Gasteiger charge is -2.20. The molecule has 0 unspecified atom stereocenters. The van der Waals surface area contributed by atoms with Crippen molar-refractivity contribution in [3.8, 4) is 0 Å². The van der Waals surface area contributed by atoms with E-state index in [-0.39, 0.29) is 12.0 Å². The van der Waals surface area contributed by atoms with Crippen LogP contribution in [-0.4, -0.2) is 25.0 Å². The predicted molar refractivity (Wildman–Crippen MR) is 78.0 cm³/mol. The van der Waals surface area contributed by atoms with Crippen molar-refractivity contribution in [1.82, 2.24) is 0 Å². The number of hydrogen-bond acceptors (Lipinski definition) is 1. The second-order valence-corrected chi connectivity index (χ2v) is 4.40. The molecule has 0 heterocycles. The highest BCUT2D eigenvalue weighted by Crippen LogP contribution is 2.17. The van der Waals surface area contributed by atoms with Crippen LogP contribution >= 0.6 is 0 Å². The molecule has 0 aromatic heterocycles. The van der Waals surface area contributed by atoms with Crippen molar-refractivity contribution in [2.75, 3.05) is 11.9 Å². The summed E-state index contributed by atoms with van der Waals surface area (Å²) in [5, 5.41) is 0. The van der Waals surface area contributed by atoms with Gasteiger partial charge in [0.25, 0.3) is 0 Å². The van der Waals surface area contributed by atoms with Crippen LogP contribution in [0.4, 0.5) is 5.69 Å². The van der Waals surface area contributed by atoms with Crippen molar-refractivity contribution in [2.45, 2.75) is 26.8 Å². The number of aryl methyl sites for hydroxylation is 1. The van der Waals surface area contributed by atoms with Crippen LogP contribution in [0.5, 0.6) is 0 Å². The molecule has 0 saturated heterocycles. The summed E-state index contributed by atoms with van der Waals surface area (Å²) in [5.74, 6) is 0.522. The van der Waals surface area contributed by atoms with E-state index in [4.69, 9.17) is 11.5 Å². The van der Waals surface area contributed by atoms with Crippen LogP contribution < -0.4 is 16.4 Å². The van der Waals surface area contributed by atoms with Gasteiger partial charge in [-0.3, -0.25) is 0 Å². The number of hydrogen-bond donors (Lipinski definition) is 2. The van der Waals surface area contributed by atoms with E-state index in [0.29, 0.717) is 5.96 Å². The first kappa shape index (κ1) is 14.0. The lowest BCUT2D eigenvalue weighted by Crippen LogP contribution is -2.36. The fourth-order valence-electron chi connectivity index (χ4n) is 1.55. The van der Waals surface area contributed by atoms with Crippen molar-refractivity contribution >= 4 is 17.6 Å². The molecular weight excluding hydrogens is 226 g/mol. The van der Waals surface area contributed by atoms with Crippen LogP contribution in [0.1, 0.15) is 19.4 Å². The maximum atomic E-state index is 5.91.